The van der Waals surface area contributed by atoms with E-state index in [2.05, 4.69) is 14.9 Å². The van der Waals surface area contributed by atoms with Gasteiger partial charge in [0.25, 0.3) is 5.56 Å². The Hall–Kier alpha value is -3.92. The van der Waals surface area contributed by atoms with Crippen molar-refractivity contribution in [1.29, 1.82) is 0 Å². The fourth-order valence-corrected chi connectivity index (χ4v) is 4.16. The second kappa shape index (κ2) is 8.91. The van der Waals surface area contributed by atoms with Gasteiger partial charge < -0.3 is 13.7 Å². The third-order valence-corrected chi connectivity index (χ3v) is 5.71. The maximum Gasteiger partial charge on any atom is 0.387 e. The number of thioether (sulfide) groups is 1. The van der Waals surface area contributed by atoms with Crippen molar-refractivity contribution in [1.82, 2.24) is 14.7 Å². The lowest BCUT2D eigenvalue weighted by atomic mass is 10.2. The molecule has 0 aliphatic heterocycles. The Kier molecular flexibility index (Phi) is 5.66. The first-order chi connectivity index (χ1) is 16.1. The van der Waals surface area contributed by atoms with Crippen molar-refractivity contribution in [2.45, 2.75) is 17.5 Å². The van der Waals surface area contributed by atoms with Crippen LogP contribution in [0, 0.1) is 0 Å². The molecule has 0 aliphatic carbocycles. The van der Waals surface area contributed by atoms with Gasteiger partial charge in [0.05, 0.1) is 28.5 Å². The minimum Gasteiger partial charge on any atom is -0.461 e. The second-order valence-corrected chi connectivity index (χ2v) is 7.82. The number of alkyl halides is 2. The number of furan rings is 1. The fraction of sp³-hybridized carbons (Fsp3) is 0.0870. The van der Waals surface area contributed by atoms with Crippen LogP contribution in [0.3, 0.4) is 0 Å². The van der Waals surface area contributed by atoms with E-state index in [0.717, 1.165) is 0 Å². The summed E-state index contributed by atoms with van der Waals surface area (Å²) in [5.41, 5.74) is 1.39. The molecule has 166 valence electrons. The number of rotatable bonds is 7. The van der Waals surface area contributed by atoms with Crippen LogP contribution < -0.4 is 10.3 Å². The van der Waals surface area contributed by atoms with E-state index in [1.165, 1.54) is 40.6 Å². The Bertz CT molecular complexity index is 1450. The van der Waals surface area contributed by atoms with E-state index in [-0.39, 0.29) is 11.3 Å². The van der Waals surface area contributed by atoms with Crippen LogP contribution in [0.4, 0.5) is 8.78 Å². The molecule has 3 aromatic heterocycles. The molecule has 0 amide bonds. The molecule has 0 unspecified atom stereocenters. The van der Waals surface area contributed by atoms with Crippen LogP contribution in [0.15, 0.2) is 91.9 Å². The zero-order valence-electron chi connectivity index (χ0n) is 16.9. The van der Waals surface area contributed by atoms with Gasteiger partial charge in [-0.3, -0.25) is 9.36 Å². The lowest BCUT2D eigenvalue weighted by Crippen LogP contribution is -2.21. The molecule has 0 aliphatic rings. The van der Waals surface area contributed by atoms with Crippen LogP contribution in [0.1, 0.15) is 5.69 Å². The van der Waals surface area contributed by atoms with Gasteiger partial charge >= 0.3 is 6.61 Å². The highest BCUT2D eigenvalue weighted by Crippen LogP contribution is 2.28. The monoisotopic (exact) mass is 467 g/mol. The summed E-state index contributed by atoms with van der Waals surface area (Å²) in [6.45, 7) is -2.93. The van der Waals surface area contributed by atoms with E-state index in [1.807, 2.05) is 0 Å². The third kappa shape index (κ3) is 4.37. The van der Waals surface area contributed by atoms with Crippen molar-refractivity contribution in [3.05, 3.63) is 89.0 Å². The summed E-state index contributed by atoms with van der Waals surface area (Å²) >= 11 is 1.30. The van der Waals surface area contributed by atoms with Crippen molar-refractivity contribution in [2.75, 3.05) is 0 Å². The zero-order chi connectivity index (χ0) is 22.8. The van der Waals surface area contributed by atoms with E-state index in [1.54, 1.807) is 48.7 Å². The van der Waals surface area contributed by atoms with Gasteiger partial charge in [-0.2, -0.15) is 8.78 Å². The van der Waals surface area contributed by atoms with Crippen LogP contribution >= 0.6 is 11.8 Å². The molecule has 0 spiro atoms. The summed E-state index contributed by atoms with van der Waals surface area (Å²) in [5, 5.41) is 4.92. The van der Waals surface area contributed by atoms with Gasteiger partial charge in [-0.1, -0.05) is 29.1 Å². The highest BCUT2D eigenvalue weighted by molar-refractivity contribution is 7.98. The third-order valence-electron chi connectivity index (χ3n) is 4.74. The molecule has 5 rings (SSSR count). The minimum absolute atomic E-state index is 0.00203. The van der Waals surface area contributed by atoms with Crippen molar-refractivity contribution < 1.29 is 22.5 Å². The number of fused-ring (bicyclic) bond motifs is 1. The summed E-state index contributed by atoms with van der Waals surface area (Å²) in [5.74, 6) is 1.43. The van der Waals surface area contributed by atoms with Gasteiger partial charge in [0.1, 0.15) is 5.75 Å². The van der Waals surface area contributed by atoms with Crippen molar-refractivity contribution in [3.63, 3.8) is 0 Å². The van der Waals surface area contributed by atoms with Crippen LogP contribution in [-0.2, 0) is 5.75 Å². The van der Waals surface area contributed by atoms with Gasteiger partial charge in [0, 0.05) is 11.8 Å². The maximum atomic E-state index is 13.3. The zero-order valence-corrected chi connectivity index (χ0v) is 17.7. The van der Waals surface area contributed by atoms with Crippen LogP contribution in [0.25, 0.3) is 28.1 Å². The predicted molar refractivity (Wildman–Crippen MR) is 118 cm³/mol. The van der Waals surface area contributed by atoms with Crippen LogP contribution in [0.2, 0.25) is 0 Å². The van der Waals surface area contributed by atoms with Gasteiger partial charge in [-0.15, -0.1) is 0 Å². The number of halogens is 2. The van der Waals surface area contributed by atoms with Gasteiger partial charge in [-0.05, 0) is 48.5 Å². The van der Waals surface area contributed by atoms with E-state index in [0.29, 0.717) is 44.7 Å². The van der Waals surface area contributed by atoms with Crippen molar-refractivity contribution >= 4 is 22.7 Å². The first-order valence-corrected chi connectivity index (χ1v) is 10.8. The Morgan fingerprint density at radius 1 is 1.03 bits per heavy atom. The van der Waals surface area contributed by atoms with Gasteiger partial charge in [0.2, 0.25) is 5.76 Å². The van der Waals surface area contributed by atoms with Crippen molar-refractivity contribution in [3.8, 4) is 23.0 Å². The number of aromatic nitrogens is 3. The molecular weight excluding hydrogens is 452 g/mol. The molecule has 0 atom stereocenters. The molecule has 5 aromatic rings. The Balaban J connectivity index is 1.50. The summed E-state index contributed by atoms with van der Waals surface area (Å²) in [6, 6.07) is 18.1. The van der Waals surface area contributed by atoms with E-state index in [4.69, 9.17) is 8.94 Å². The molecule has 0 saturated carbocycles. The molecular formula is C23H15F2N3O4S. The molecule has 10 heteroatoms. The lowest BCUT2D eigenvalue weighted by molar-refractivity contribution is -0.0498. The number of nitrogens with zero attached hydrogens (tertiary/aromatic N) is 3. The summed E-state index contributed by atoms with van der Waals surface area (Å²) in [4.78, 5) is 17.9. The molecule has 0 N–H and O–H groups in total. The maximum absolute atomic E-state index is 13.3. The highest BCUT2D eigenvalue weighted by Gasteiger charge is 2.16. The molecule has 0 fully saturated rings. The first kappa shape index (κ1) is 21.0. The lowest BCUT2D eigenvalue weighted by Gasteiger charge is -2.13. The highest BCUT2D eigenvalue weighted by atomic mass is 32.2. The number of hydrogen-bond donors (Lipinski definition) is 0. The quantitative estimate of drug-likeness (QED) is 0.230. The Morgan fingerprint density at radius 2 is 1.85 bits per heavy atom. The van der Waals surface area contributed by atoms with E-state index < -0.39 is 6.61 Å². The van der Waals surface area contributed by atoms with Crippen molar-refractivity contribution in [2.24, 2.45) is 0 Å². The van der Waals surface area contributed by atoms with E-state index >= 15 is 0 Å². The molecule has 2 aromatic carbocycles. The average molecular weight is 467 g/mol. The van der Waals surface area contributed by atoms with Gasteiger partial charge in [-0.25, -0.2) is 4.98 Å². The molecule has 0 saturated heterocycles. The predicted octanol–water partition coefficient (Wildman–Crippen LogP) is 5.53. The molecule has 7 nitrogen and oxygen atoms in total. The van der Waals surface area contributed by atoms with E-state index in [9.17, 15) is 13.6 Å². The smallest absolute Gasteiger partial charge is 0.387 e. The SMILES string of the molecule is O=c1c2ccccc2nc(SCc2cc(-c3ccco3)on2)n1-c1ccc(OC(F)F)cc1. The molecule has 0 radical (unpaired) electrons. The summed E-state index contributed by atoms with van der Waals surface area (Å²) < 4.78 is 41.5. The first-order valence-electron chi connectivity index (χ1n) is 9.78. The van der Waals surface area contributed by atoms with Crippen LogP contribution in [0.5, 0.6) is 5.75 Å². The number of benzene rings is 2. The van der Waals surface area contributed by atoms with Crippen LogP contribution in [-0.4, -0.2) is 21.3 Å². The normalized spacial score (nSPS) is 11.4. The second-order valence-electron chi connectivity index (χ2n) is 6.87. The Morgan fingerprint density at radius 3 is 2.61 bits per heavy atom. The number of para-hydroxylation sites is 1. The topological polar surface area (TPSA) is 83.3 Å². The standard InChI is InChI=1S/C23H15F2N3O4S/c24-22(25)31-16-9-7-15(8-10-16)28-21(29)17-4-1-2-5-18(17)26-23(28)33-13-14-12-20(32-27-14)19-6-3-11-30-19/h1-12,22H,13H2. The molecule has 0 bridgehead atoms. The number of ether oxygens (including phenoxy) is 1. The largest absolute Gasteiger partial charge is 0.461 e. The summed E-state index contributed by atoms with van der Waals surface area (Å²) in [6.07, 6.45) is 1.54. The summed E-state index contributed by atoms with van der Waals surface area (Å²) in [7, 11) is 0. The fourth-order valence-electron chi connectivity index (χ4n) is 3.27. The number of hydrogen-bond acceptors (Lipinski definition) is 7. The average Bonchev–Trinajstić information content (AvgIpc) is 3.50. The Labute approximate surface area is 189 Å². The molecule has 3 heterocycles. The van der Waals surface area contributed by atoms with Gasteiger partial charge in [0.15, 0.2) is 10.9 Å². The minimum atomic E-state index is -2.93. The molecule has 33 heavy (non-hydrogen) atoms.